The van der Waals surface area contributed by atoms with Crippen LogP contribution in [-0.4, -0.2) is 42.3 Å². The normalized spacial score (nSPS) is 27.6. The van der Waals surface area contributed by atoms with E-state index in [0.29, 0.717) is 6.61 Å². The predicted molar refractivity (Wildman–Crippen MR) is 89.7 cm³/mol. The fourth-order valence-electron chi connectivity index (χ4n) is 4.01. The molecule has 4 rings (SSSR count). The molecule has 0 aliphatic carbocycles. The van der Waals surface area contributed by atoms with E-state index in [-0.39, 0.29) is 11.5 Å². The van der Waals surface area contributed by atoms with Gasteiger partial charge in [-0.2, -0.15) is 0 Å². The van der Waals surface area contributed by atoms with Crippen molar-refractivity contribution in [1.29, 1.82) is 0 Å². The average molecular weight is 328 g/mol. The van der Waals surface area contributed by atoms with Crippen LogP contribution in [0.15, 0.2) is 47.3 Å². The molecule has 2 aliphatic heterocycles. The lowest BCUT2D eigenvalue weighted by Crippen LogP contribution is -2.57. The van der Waals surface area contributed by atoms with E-state index in [2.05, 4.69) is 9.88 Å². The molecule has 2 saturated heterocycles. The van der Waals surface area contributed by atoms with Gasteiger partial charge < -0.3 is 13.9 Å². The van der Waals surface area contributed by atoms with Crippen molar-refractivity contribution >= 4 is 0 Å². The summed E-state index contributed by atoms with van der Waals surface area (Å²) < 4.78 is 17.7. The van der Waals surface area contributed by atoms with Crippen LogP contribution in [0.5, 0.6) is 5.75 Å². The summed E-state index contributed by atoms with van der Waals surface area (Å²) in [5.74, 6) is 1.85. The Morgan fingerprint density at radius 2 is 2.33 bits per heavy atom. The molecule has 0 aromatic carbocycles. The van der Waals surface area contributed by atoms with Gasteiger partial charge in [0.2, 0.25) is 0 Å². The van der Waals surface area contributed by atoms with Gasteiger partial charge in [0.15, 0.2) is 0 Å². The highest BCUT2D eigenvalue weighted by Gasteiger charge is 2.46. The van der Waals surface area contributed by atoms with Gasteiger partial charge in [-0.15, -0.1) is 0 Å². The molecule has 0 radical (unpaired) electrons. The van der Waals surface area contributed by atoms with Crippen LogP contribution in [0.1, 0.15) is 25.0 Å². The van der Waals surface area contributed by atoms with Crippen LogP contribution in [0.25, 0.3) is 0 Å². The van der Waals surface area contributed by atoms with Crippen LogP contribution in [0.4, 0.5) is 0 Å². The van der Waals surface area contributed by atoms with E-state index in [9.17, 15) is 0 Å². The smallest absolute Gasteiger partial charge is 0.137 e. The maximum absolute atomic E-state index is 6.11. The third kappa shape index (κ3) is 3.32. The molecule has 2 fully saturated rings. The lowest BCUT2D eigenvalue weighted by molar-refractivity contribution is -0.141. The summed E-state index contributed by atoms with van der Waals surface area (Å²) in [7, 11) is 0. The SMILES string of the molecule is c1cncc(OC[C@@]23CCCO[C@H]2CCN(Cc2ccco2)C3)c1. The highest BCUT2D eigenvalue weighted by molar-refractivity contribution is 5.16. The van der Waals surface area contributed by atoms with Gasteiger partial charge in [0.05, 0.1) is 31.7 Å². The molecule has 0 N–H and O–H groups in total. The molecule has 2 aliphatic rings. The van der Waals surface area contributed by atoms with Gasteiger partial charge >= 0.3 is 0 Å². The Kier molecular flexibility index (Phi) is 4.54. The molecule has 2 aromatic rings. The lowest BCUT2D eigenvalue weighted by Gasteiger charge is -2.50. The van der Waals surface area contributed by atoms with Crippen molar-refractivity contribution in [2.75, 3.05) is 26.3 Å². The van der Waals surface area contributed by atoms with Crippen LogP contribution in [0.2, 0.25) is 0 Å². The van der Waals surface area contributed by atoms with Crippen molar-refractivity contribution < 1.29 is 13.9 Å². The van der Waals surface area contributed by atoms with Gasteiger partial charge in [-0.05, 0) is 43.5 Å². The first-order chi connectivity index (χ1) is 11.8. The second-order valence-electron chi connectivity index (χ2n) is 6.88. The maximum Gasteiger partial charge on any atom is 0.137 e. The molecule has 5 heteroatoms. The molecule has 128 valence electrons. The van der Waals surface area contributed by atoms with Crippen molar-refractivity contribution in [1.82, 2.24) is 9.88 Å². The molecule has 0 saturated carbocycles. The lowest BCUT2D eigenvalue weighted by atomic mass is 9.73. The number of piperidine rings is 1. The van der Waals surface area contributed by atoms with Crippen molar-refractivity contribution in [3.63, 3.8) is 0 Å². The molecule has 4 heterocycles. The molecule has 2 atom stereocenters. The first-order valence-electron chi connectivity index (χ1n) is 8.73. The number of likely N-dealkylation sites (tertiary alicyclic amines) is 1. The van der Waals surface area contributed by atoms with Crippen LogP contribution < -0.4 is 4.74 Å². The fourth-order valence-corrected chi connectivity index (χ4v) is 4.01. The Morgan fingerprint density at radius 3 is 3.17 bits per heavy atom. The molecule has 2 aromatic heterocycles. The number of rotatable bonds is 5. The third-order valence-electron chi connectivity index (χ3n) is 5.19. The Labute approximate surface area is 142 Å². The standard InChI is InChI=1S/C19H24N2O3/c1-4-16(12-20-8-1)24-15-19-7-3-11-23-18(19)6-9-21(14-19)13-17-5-2-10-22-17/h1-2,4-5,8,10,12,18H,3,6-7,9,11,13-15H2/t18-,19-/m0/s1. The van der Waals surface area contributed by atoms with Gasteiger partial charge in [0.1, 0.15) is 11.5 Å². The Balaban J connectivity index is 1.47. The third-order valence-corrected chi connectivity index (χ3v) is 5.19. The van der Waals surface area contributed by atoms with Crippen molar-refractivity contribution in [3.05, 3.63) is 48.7 Å². The maximum atomic E-state index is 6.11. The first kappa shape index (κ1) is 15.7. The Morgan fingerprint density at radius 1 is 1.33 bits per heavy atom. The van der Waals surface area contributed by atoms with Crippen LogP contribution >= 0.6 is 0 Å². The minimum absolute atomic E-state index is 0.0545. The summed E-state index contributed by atoms with van der Waals surface area (Å²) >= 11 is 0. The number of fused-ring (bicyclic) bond motifs is 1. The molecular formula is C19H24N2O3. The number of ether oxygens (including phenoxy) is 2. The summed E-state index contributed by atoms with van der Waals surface area (Å²) in [4.78, 5) is 6.60. The average Bonchev–Trinajstić information content (AvgIpc) is 3.14. The largest absolute Gasteiger partial charge is 0.491 e. The Hall–Kier alpha value is -1.85. The first-order valence-corrected chi connectivity index (χ1v) is 8.73. The van der Waals surface area contributed by atoms with Gasteiger partial charge in [0.25, 0.3) is 0 Å². The highest BCUT2D eigenvalue weighted by Crippen LogP contribution is 2.41. The monoisotopic (exact) mass is 328 g/mol. The zero-order valence-electron chi connectivity index (χ0n) is 13.9. The second-order valence-corrected chi connectivity index (χ2v) is 6.88. The number of aromatic nitrogens is 1. The summed E-state index contributed by atoms with van der Waals surface area (Å²) in [6.45, 7) is 4.43. The summed E-state index contributed by atoms with van der Waals surface area (Å²) in [6.07, 6.45) is 8.87. The van der Waals surface area contributed by atoms with E-state index in [1.165, 1.54) is 0 Å². The zero-order chi connectivity index (χ0) is 16.2. The van der Waals surface area contributed by atoms with Crippen molar-refractivity contribution in [2.45, 2.75) is 31.9 Å². The van der Waals surface area contributed by atoms with Crippen LogP contribution in [-0.2, 0) is 11.3 Å². The van der Waals surface area contributed by atoms with E-state index in [1.807, 2.05) is 24.3 Å². The molecule has 0 spiro atoms. The van der Waals surface area contributed by atoms with Crippen LogP contribution in [0.3, 0.4) is 0 Å². The van der Waals surface area contributed by atoms with E-state index in [4.69, 9.17) is 13.9 Å². The minimum atomic E-state index is 0.0545. The van der Waals surface area contributed by atoms with E-state index in [0.717, 1.165) is 57.0 Å². The molecule has 5 nitrogen and oxygen atoms in total. The highest BCUT2D eigenvalue weighted by atomic mass is 16.5. The van der Waals surface area contributed by atoms with Gasteiger partial charge in [-0.25, -0.2) is 0 Å². The van der Waals surface area contributed by atoms with E-state index < -0.39 is 0 Å². The number of pyridine rings is 1. The fraction of sp³-hybridized carbons (Fsp3) is 0.526. The number of furan rings is 1. The molecule has 24 heavy (non-hydrogen) atoms. The molecule has 0 unspecified atom stereocenters. The summed E-state index contributed by atoms with van der Waals surface area (Å²) in [5.41, 5.74) is 0.0545. The summed E-state index contributed by atoms with van der Waals surface area (Å²) in [5, 5.41) is 0. The van der Waals surface area contributed by atoms with E-state index in [1.54, 1.807) is 18.7 Å². The second kappa shape index (κ2) is 6.95. The predicted octanol–water partition coefficient (Wildman–Crippen LogP) is 3.12. The number of nitrogens with zero attached hydrogens (tertiary/aromatic N) is 2. The zero-order valence-corrected chi connectivity index (χ0v) is 13.9. The summed E-state index contributed by atoms with van der Waals surface area (Å²) in [6, 6.07) is 7.87. The van der Waals surface area contributed by atoms with Gasteiger partial charge in [-0.3, -0.25) is 9.88 Å². The molecule has 0 amide bonds. The van der Waals surface area contributed by atoms with Crippen molar-refractivity contribution in [3.8, 4) is 5.75 Å². The number of hydrogen-bond donors (Lipinski definition) is 0. The van der Waals surface area contributed by atoms with E-state index >= 15 is 0 Å². The number of hydrogen-bond acceptors (Lipinski definition) is 5. The molecule has 0 bridgehead atoms. The quantitative estimate of drug-likeness (QED) is 0.844. The minimum Gasteiger partial charge on any atom is -0.491 e. The van der Waals surface area contributed by atoms with Crippen LogP contribution in [0, 0.1) is 5.41 Å². The van der Waals surface area contributed by atoms with Crippen molar-refractivity contribution in [2.24, 2.45) is 5.41 Å². The Bertz CT molecular complexity index is 631. The molecular weight excluding hydrogens is 304 g/mol. The van der Waals surface area contributed by atoms with Gasteiger partial charge in [0, 0.05) is 31.3 Å². The van der Waals surface area contributed by atoms with Gasteiger partial charge in [-0.1, -0.05) is 0 Å². The topological polar surface area (TPSA) is 47.7 Å².